The Morgan fingerprint density at radius 2 is 1.73 bits per heavy atom. The summed E-state index contributed by atoms with van der Waals surface area (Å²) in [6.45, 7) is 6.57. The molecule has 1 aliphatic carbocycles. The van der Waals surface area contributed by atoms with E-state index in [9.17, 15) is 9.59 Å². The van der Waals surface area contributed by atoms with E-state index < -0.39 is 5.54 Å². The molecule has 5 nitrogen and oxygen atoms in total. The summed E-state index contributed by atoms with van der Waals surface area (Å²) in [7, 11) is 1.46. The molecule has 1 aromatic rings. The average molecular weight is 433 g/mol. The molecule has 30 heavy (non-hydrogen) atoms. The van der Waals surface area contributed by atoms with E-state index in [1.807, 2.05) is 13.8 Å². The van der Waals surface area contributed by atoms with E-state index >= 15 is 0 Å². The lowest BCUT2D eigenvalue weighted by molar-refractivity contribution is -0.153. The zero-order valence-electron chi connectivity index (χ0n) is 18.7. The normalized spacial score (nSPS) is 26.3. The number of nitrogens with zero attached hydrogens (tertiary/aromatic N) is 2. The molecule has 0 aromatic carbocycles. The molecular weight excluding hydrogens is 396 g/mol. The van der Waals surface area contributed by atoms with Crippen LogP contribution < -0.4 is 0 Å². The molecule has 0 N–H and O–H groups in total. The number of amides is 1. The van der Waals surface area contributed by atoms with Gasteiger partial charge in [0.2, 0.25) is 0 Å². The minimum atomic E-state index is -0.582. The molecule has 166 valence electrons. The molecule has 1 amide bonds. The van der Waals surface area contributed by atoms with Crippen molar-refractivity contribution in [2.75, 3.05) is 26.7 Å². The number of likely N-dealkylation sites (tertiary alicyclic amines) is 2. The first kappa shape index (κ1) is 21.8. The third-order valence-corrected chi connectivity index (χ3v) is 8.84. The maximum absolute atomic E-state index is 13.3. The molecule has 2 atom stereocenters. The molecule has 3 aliphatic rings. The summed E-state index contributed by atoms with van der Waals surface area (Å²) >= 11 is 1.74. The predicted octanol–water partition coefficient (Wildman–Crippen LogP) is 4.67. The van der Waals surface area contributed by atoms with Crippen molar-refractivity contribution in [1.29, 1.82) is 0 Å². The predicted molar refractivity (Wildman–Crippen MR) is 120 cm³/mol. The van der Waals surface area contributed by atoms with Crippen molar-refractivity contribution in [3.8, 4) is 0 Å². The first-order valence-corrected chi connectivity index (χ1v) is 12.5. The Labute approximate surface area is 184 Å². The number of esters is 1. The van der Waals surface area contributed by atoms with Crippen LogP contribution in [0.2, 0.25) is 0 Å². The van der Waals surface area contributed by atoms with Crippen LogP contribution in [0.15, 0.2) is 11.4 Å². The third-order valence-electron chi connectivity index (χ3n) is 7.74. The van der Waals surface area contributed by atoms with Crippen LogP contribution in [0.1, 0.15) is 86.4 Å². The number of carbonyl (C=O) groups is 2. The minimum Gasteiger partial charge on any atom is -0.468 e. The number of hydrogen-bond donors (Lipinski definition) is 0. The van der Waals surface area contributed by atoms with Gasteiger partial charge in [0.15, 0.2) is 0 Å². The Balaban J connectivity index is 1.39. The van der Waals surface area contributed by atoms with Crippen LogP contribution >= 0.6 is 11.3 Å². The number of methoxy groups -OCH3 is 1. The van der Waals surface area contributed by atoms with Crippen LogP contribution in [0.3, 0.4) is 0 Å². The van der Waals surface area contributed by atoms with Crippen molar-refractivity contribution in [3.05, 3.63) is 21.9 Å². The number of ether oxygens (including phenoxy) is 1. The molecule has 0 bridgehead atoms. The van der Waals surface area contributed by atoms with E-state index in [4.69, 9.17) is 4.74 Å². The third kappa shape index (κ3) is 4.18. The Morgan fingerprint density at radius 3 is 2.47 bits per heavy atom. The number of piperidine rings is 2. The van der Waals surface area contributed by atoms with E-state index in [0.29, 0.717) is 12.0 Å². The highest BCUT2D eigenvalue weighted by atomic mass is 32.1. The van der Waals surface area contributed by atoms with E-state index in [1.165, 1.54) is 44.1 Å². The van der Waals surface area contributed by atoms with E-state index in [1.54, 1.807) is 11.3 Å². The van der Waals surface area contributed by atoms with Gasteiger partial charge >= 0.3 is 5.97 Å². The monoisotopic (exact) mass is 432 g/mol. The summed E-state index contributed by atoms with van der Waals surface area (Å²) in [6.07, 6.45) is 9.55. The number of hydrogen-bond acceptors (Lipinski definition) is 5. The number of carbonyl (C=O) groups excluding carboxylic acids is 2. The second-order valence-electron chi connectivity index (χ2n) is 9.80. The molecule has 1 saturated carbocycles. The number of rotatable bonds is 4. The van der Waals surface area contributed by atoms with Gasteiger partial charge in [-0.15, -0.1) is 11.3 Å². The smallest absolute Gasteiger partial charge is 0.325 e. The van der Waals surface area contributed by atoms with Gasteiger partial charge in [0.25, 0.3) is 5.91 Å². The lowest BCUT2D eigenvalue weighted by Gasteiger charge is -2.44. The van der Waals surface area contributed by atoms with Gasteiger partial charge in [-0.3, -0.25) is 14.5 Å². The molecule has 3 heterocycles. The van der Waals surface area contributed by atoms with E-state index in [0.717, 1.165) is 50.4 Å². The van der Waals surface area contributed by atoms with Crippen LogP contribution in [0.4, 0.5) is 0 Å². The highest BCUT2D eigenvalue weighted by Crippen LogP contribution is 2.38. The van der Waals surface area contributed by atoms with Crippen molar-refractivity contribution < 1.29 is 14.3 Å². The molecule has 2 saturated heterocycles. The Kier molecular flexibility index (Phi) is 6.54. The van der Waals surface area contributed by atoms with Gasteiger partial charge in [-0.05, 0) is 83.4 Å². The molecule has 0 radical (unpaired) electrons. The Morgan fingerprint density at radius 1 is 1.03 bits per heavy atom. The quantitative estimate of drug-likeness (QED) is 0.649. The molecule has 2 aliphatic heterocycles. The number of thiophene rings is 1. The van der Waals surface area contributed by atoms with Crippen molar-refractivity contribution in [2.24, 2.45) is 5.92 Å². The summed E-state index contributed by atoms with van der Waals surface area (Å²) in [5, 5.41) is 2.08. The van der Waals surface area contributed by atoms with E-state index in [-0.39, 0.29) is 11.9 Å². The second kappa shape index (κ2) is 8.99. The van der Waals surface area contributed by atoms with Gasteiger partial charge in [0.05, 0.1) is 12.7 Å². The van der Waals surface area contributed by atoms with Gasteiger partial charge in [-0.25, -0.2) is 0 Å². The summed E-state index contributed by atoms with van der Waals surface area (Å²) in [6, 6.07) is 2.62. The highest BCUT2D eigenvalue weighted by molar-refractivity contribution is 7.10. The lowest BCUT2D eigenvalue weighted by atomic mass is 9.78. The van der Waals surface area contributed by atoms with Crippen LogP contribution in [0.5, 0.6) is 0 Å². The minimum absolute atomic E-state index is 0.174. The fourth-order valence-corrected chi connectivity index (χ4v) is 6.88. The lowest BCUT2D eigenvalue weighted by Crippen LogP contribution is -2.53. The summed E-state index contributed by atoms with van der Waals surface area (Å²) in [4.78, 5) is 31.2. The molecule has 3 fully saturated rings. The summed E-state index contributed by atoms with van der Waals surface area (Å²) in [5.74, 6) is 1.27. The standard InChI is InChI=1S/C24H36N2O3S/c1-24(2,23(28)29-3)25-13-10-18(11-14-25)21-15-19(16-30-21)22(27)26-12-6-8-17-7-4-5-9-20(17)26/h15-18,20H,4-14H2,1-3H3/t17-,20-/m1/s1. The topological polar surface area (TPSA) is 49.9 Å². The van der Waals surface area contributed by atoms with Crippen LogP contribution in [0, 0.1) is 5.92 Å². The van der Waals surface area contributed by atoms with Gasteiger partial charge in [-0.1, -0.05) is 12.8 Å². The second-order valence-corrected chi connectivity index (χ2v) is 10.7. The maximum Gasteiger partial charge on any atom is 0.325 e. The van der Waals surface area contributed by atoms with Crippen molar-refractivity contribution >= 4 is 23.2 Å². The van der Waals surface area contributed by atoms with Crippen LogP contribution in [-0.2, 0) is 9.53 Å². The summed E-state index contributed by atoms with van der Waals surface area (Å²) in [5.41, 5.74) is 0.305. The molecule has 0 unspecified atom stereocenters. The van der Waals surface area contributed by atoms with Crippen molar-refractivity contribution in [1.82, 2.24) is 9.80 Å². The molecular formula is C24H36N2O3S. The maximum atomic E-state index is 13.3. The molecule has 0 spiro atoms. The van der Waals surface area contributed by atoms with Crippen molar-refractivity contribution in [2.45, 2.75) is 82.7 Å². The van der Waals surface area contributed by atoms with Gasteiger partial charge in [0, 0.05) is 22.8 Å². The van der Waals surface area contributed by atoms with Gasteiger partial charge in [0.1, 0.15) is 5.54 Å². The molecule has 6 heteroatoms. The highest BCUT2D eigenvalue weighted by Gasteiger charge is 2.39. The van der Waals surface area contributed by atoms with Gasteiger partial charge < -0.3 is 9.64 Å². The fourth-order valence-electron chi connectivity index (χ4n) is 5.82. The first-order chi connectivity index (χ1) is 14.4. The Bertz CT molecular complexity index is 764. The largest absolute Gasteiger partial charge is 0.468 e. The van der Waals surface area contributed by atoms with Crippen LogP contribution in [-0.4, -0.2) is 60.0 Å². The zero-order chi connectivity index (χ0) is 21.3. The van der Waals surface area contributed by atoms with Crippen LogP contribution in [0.25, 0.3) is 0 Å². The number of fused-ring (bicyclic) bond motifs is 1. The van der Waals surface area contributed by atoms with Gasteiger partial charge in [-0.2, -0.15) is 0 Å². The molecule has 4 rings (SSSR count). The summed E-state index contributed by atoms with van der Waals surface area (Å²) < 4.78 is 4.98. The SMILES string of the molecule is COC(=O)C(C)(C)N1CCC(c2cc(C(=O)N3CCC[C@H]4CCCC[C@H]43)cs2)CC1. The first-order valence-electron chi connectivity index (χ1n) is 11.6. The average Bonchev–Trinajstić information content (AvgIpc) is 3.28. The Hall–Kier alpha value is -1.40. The zero-order valence-corrected chi connectivity index (χ0v) is 19.5. The molecule has 1 aromatic heterocycles. The van der Waals surface area contributed by atoms with E-state index in [2.05, 4.69) is 21.2 Å². The fraction of sp³-hybridized carbons (Fsp3) is 0.750. The van der Waals surface area contributed by atoms with Crippen molar-refractivity contribution in [3.63, 3.8) is 0 Å².